The van der Waals surface area contributed by atoms with Gasteiger partial charge >= 0.3 is 0 Å². The minimum Gasteiger partial charge on any atom is -0.496 e. The van der Waals surface area contributed by atoms with Crippen molar-refractivity contribution in [2.75, 3.05) is 32.1 Å². The van der Waals surface area contributed by atoms with Crippen molar-refractivity contribution >= 4 is 21.6 Å². The molecule has 0 fully saturated rings. The number of hydrogen-bond acceptors (Lipinski definition) is 5. The Kier molecular flexibility index (Phi) is 7.20. The third-order valence-corrected chi connectivity index (χ3v) is 5.31. The number of carbonyl (C=O) groups excluding carboxylic acids is 1. The Balaban J connectivity index is 2.29. The third-order valence-electron chi connectivity index (χ3n) is 3.95. The van der Waals surface area contributed by atoms with Crippen LogP contribution in [0.15, 0.2) is 47.4 Å². The van der Waals surface area contributed by atoms with Crippen LogP contribution in [-0.4, -0.2) is 41.7 Å². The molecule has 0 heterocycles. The minimum atomic E-state index is -3.86. The Hall–Kier alpha value is -2.58. The fourth-order valence-electron chi connectivity index (χ4n) is 2.53. The predicted molar refractivity (Wildman–Crippen MR) is 104 cm³/mol. The Morgan fingerprint density at radius 1 is 1.11 bits per heavy atom. The van der Waals surface area contributed by atoms with Gasteiger partial charge in [-0.1, -0.05) is 19.1 Å². The minimum absolute atomic E-state index is 0.106. The average molecular weight is 392 g/mol. The predicted octanol–water partition coefficient (Wildman–Crippen LogP) is 2.43. The third kappa shape index (κ3) is 5.21. The van der Waals surface area contributed by atoms with Crippen molar-refractivity contribution in [3.8, 4) is 5.75 Å². The summed E-state index contributed by atoms with van der Waals surface area (Å²) in [6, 6.07) is 11.1. The van der Waals surface area contributed by atoms with E-state index in [-0.39, 0.29) is 22.1 Å². The average Bonchev–Trinajstić information content (AvgIpc) is 2.67. The summed E-state index contributed by atoms with van der Waals surface area (Å²) in [6.07, 6.45) is 0.630. The second kappa shape index (κ2) is 9.38. The lowest BCUT2D eigenvalue weighted by atomic mass is 10.1. The van der Waals surface area contributed by atoms with Gasteiger partial charge < -0.3 is 14.8 Å². The summed E-state index contributed by atoms with van der Waals surface area (Å²) in [7, 11) is -0.786. The number of rotatable bonds is 9. The van der Waals surface area contributed by atoms with E-state index in [0.717, 1.165) is 5.56 Å². The summed E-state index contributed by atoms with van der Waals surface area (Å²) in [5, 5.41) is 2.68. The van der Waals surface area contributed by atoms with Crippen molar-refractivity contribution in [2.24, 2.45) is 0 Å². The molecule has 0 aliphatic carbocycles. The molecule has 0 atom stereocenters. The molecule has 27 heavy (non-hydrogen) atoms. The summed E-state index contributed by atoms with van der Waals surface area (Å²) in [5.74, 6) is 0.253. The summed E-state index contributed by atoms with van der Waals surface area (Å²) in [4.78, 5) is 12.4. The number of methoxy groups -OCH3 is 2. The van der Waals surface area contributed by atoms with Gasteiger partial charge in [-0.05, 0) is 42.3 Å². The van der Waals surface area contributed by atoms with Crippen LogP contribution in [0.25, 0.3) is 0 Å². The van der Waals surface area contributed by atoms with Crippen molar-refractivity contribution in [1.29, 1.82) is 0 Å². The Labute approximate surface area is 159 Å². The number of anilines is 1. The number of sulfonamides is 1. The normalized spacial score (nSPS) is 11.1. The zero-order valence-electron chi connectivity index (χ0n) is 15.6. The number of hydrogen-bond donors (Lipinski definition) is 2. The molecule has 7 nitrogen and oxygen atoms in total. The highest BCUT2D eigenvalue weighted by atomic mass is 32.2. The smallest absolute Gasteiger partial charge is 0.261 e. The monoisotopic (exact) mass is 392 g/mol. The number of nitrogens with one attached hydrogen (secondary N) is 2. The first-order valence-electron chi connectivity index (χ1n) is 8.48. The molecule has 0 saturated carbocycles. The Morgan fingerprint density at radius 3 is 2.52 bits per heavy atom. The molecule has 2 aromatic rings. The maximum Gasteiger partial charge on any atom is 0.261 e. The lowest BCUT2D eigenvalue weighted by Crippen LogP contribution is -2.28. The van der Waals surface area contributed by atoms with E-state index < -0.39 is 10.0 Å². The van der Waals surface area contributed by atoms with Gasteiger partial charge in [0.15, 0.2) is 0 Å². The number of aryl methyl sites for hydroxylation is 1. The Bertz CT molecular complexity index is 897. The fourth-order valence-corrected chi connectivity index (χ4v) is 3.66. The van der Waals surface area contributed by atoms with E-state index in [1.807, 2.05) is 6.92 Å². The standard InChI is InChI=1S/C19H24N2O5S/c1-4-14-13-15(9-10-18(14)26-3)27(23,24)21-17-8-6-5-7-16(17)19(22)20-11-12-25-2/h5-10,13,21H,4,11-12H2,1-3H3,(H,20,22). The van der Waals surface area contributed by atoms with Gasteiger partial charge in [0.25, 0.3) is 15.9 Å². The highest BCUT2D eigenvalue weighted by molar-refractivity contribution is 7.92. The molecule has 0 unspecified atom stereocenters. The van der Waals surface area contributed by atoms with Crippen LogP contribution in [0.5, 0.6) is 5.75 Å². The maximum absolute atomic E-state index is 12.8. The zero-order chi connectivity index (χ0) is 19.9. The van der Waals surface area contributed by atoms with E-state index >= 15 is 0 Å². The first-order valence-corrected chi connectivity index (χ1v) is 9.97. The number of benzene rings is 2. The molecule has 0 aliphatic rings. The maximum atomic E-state index is 12.8. The molecule has 0 aliphatic heterocycles. The van der Waals surface area contributed by atoms with Crippen molar-refractivity contribution in [3.63, 3.8) is 0 Å². The molecule has 0 spiro atoms. The summed E-state index contributed by atoms with van der Waals surface area (Å²) < 4.78 is 38.2. The number of ether oxygens (including phenoxy) is 2. The molecular weight excluding hydrogens is 368 g/mol. The summed E-state index contributed by atoms with van der Waals surface area (Å²) >= 11 is 0. The van der Waals surface area contributed by atoms with E-state index in [4.69, 9.17) is 9.47 Å². The number of amides is 1. The number of carbonyl (C=O) groups is 1. The SMILES string of the molecule is CCc1cc(S(=O)(=O)Nc2ccccc2C(=O)NCCOC)ccc1OC. The molecule has 0 bridgehead atoms. The lowest BCUT2D eigenvalue weighted by Gasteiger charge is -2.14. The van der Waals surface area contributed by atoms with Gasteiger partial charge in [0, 0.05) is 13.7 Å². The van der Waals surface area contributed by atoms with Crippen LogP contribution >= 0.6 is 0 Å². The molecule has 0 aromatic heterocycles. The topological polar surface area (TPSA) is 93.7 Å². The van der Waals surface area contributed by atoms with Gasteiger partial charge in [0.2, 0.25) is 0 Å². The van der Waals surface area contributed by atoms with Gasteiger partial charge in [0.1, 0.15) is 5.75 Å². The highest BCUT2D eigenvalue weighted by Crippen LogP contribution is 2.25. The first kappa shape index (κ1) is 20.7. The molecule has 8 heteroatoms. The van der Waals surface area contributed by atoms with Crippen LogP contribution in [0.4, 0.5) is 5.69 Å². The van der Waals surface area contributed by atoms with Crippen LogP contribution in [0.2, 0.25) is 0 Å². The van der Waals surface area contributed by atoms with Crippen molar-refractivity contribution in [1.82, 2.24) is 5.32 Å². The first-order chi connectivity index (χ1) is 12.9. The summed E-state index contributed by atoms with van der Waals surface area (Å²) in [6.45, 7) is 2.61. The van der Waals surface area contributed by atoms with Crippen LogP contribution in [0, 0.1) is 0 Å². The second-order valence-electron chi connectivity index (χ2n) is 5.73. The van der Waals surface area contributed by atoms with Crippen LogP contribution in [-0.2, 0) is 21.2 Å². The van der Waals surface area contributed by atoms with Gasteiger partial charge in [-0.3, -0.25) is 9.52 Å². The van der Waals surface area contributed by atoms with Gasteiger partial charge in [-0.2, -0.15) is 0 Å². The molecular formula is C19H24N2O5S. The molecule has 0 radical (unpaired) electrons. The second-order valence-corrected chi connectivity index (χ2v) is 7.41. The van der Waals surface area contributed by atoms with Gasteiger partial charge in [-0.25, -0.2) is 8.42 Å². The van der Waals surface area contributed by atoms with Gasteiger partial charge in [-0.15, -0.1) is 0 Å². The zero-order valence-corrected chi connectivity index (χ0v) is 16.4. The fraction of sp³-hybridized carbons (Fsp3) is 0.316. The van der Waals surface area contributed by atoms with Crippen LogP contribution in [0.1, 0.15) is 22.8 Å². The molecule has 146 valence electrons. The van der Waals surface area contributed by atoms with Crippen LogP contribution < -0.4 is 14.8 Å². The van der Waals surface area contributed by atoms with E-state index in [2.05, 4.69) is 10.0 Å². The van der Waals surface area contributed by atoms with E-state index in [0.29, 0.717) is 25.3 Å². The summed E-state index contributed by atoms with van der Waals surface area (Å²) in [5.41, 5.74) is 1.23. The molecule has 1 amide bonds. The van der Waals surface area contributed by atoms with Crippen molar-refractivity contribution in [2.45, 2.75) is 18.2 Å². The van der Waals surface area contributed by atoms with Gasteiger partial charge in [0.05, 0.1) is 29.9 Å². The van der Waals surface area contributed by atoms with Crippen molar-refractivity contribution < 1.29 is 22.7 Å². The molecule has 2 rings (SSSR count). The molecule has 2 N–H and O–H groups in total. The highest BCUT2D eigenvalue weighted by Gasteiger charge is 2.19. The molecule has 0 saturated heterocycles. The Morgan fingerprint density at radius 2 is 1.85 bits per heavy atom. The van der Waals surface area contributed by atoms with E-state index in [1.165, 1.54) is 13.2 Å². The number of para-hydroxylation sites is 1. The largest absolute Gasteiger partial charge is 0.496 e. The van der Waals surface area contributed by atoms with E-state index in [9.17, 15) is 13.2 Å². The van der Waals surface area contributed by atoms with E-state index in [1.54, 1.807) is 43.5 Å². The quantitative estimate of drug-likeness (QED) is 0.639. The van der Waals surface area contributed by atoms with Crippen LogP contribution in [0.3, 0.4) is 0 Å². The molecule has 2 aromatic carbocycles. The van der Waals surface area contributed by atoms with Crippen molar-refractivity contribution in [3.05, 3.63) is 53.6 Å². The lowest BCUT2D eigenvalue weighted by molar-refractivity contribution is 0.0938.